The van der Waals surface area contributed by atoms with Gasteiger partial charge in [-0.1, -0.05) is 0 Å². The van der Waals surface area contributed by atoms with Gasteiger partial charge < -0.3 is 9.84 Å². The van der Waals surface area contributed by atoms with E-state index in [1.165, 1.54) is 19.1 Å². The van der Waals surface area contributed by atoms with Crippen LogP contribution in [0.3, 0.4) is 0 Å². The molecule has 0 atom stereocenters. The first-order valence-electron chi connectivity index (χ1n) is 5.63. The SMILES string of the molecule is CC(=O)C1(c2cc(O)cc(F)c2)CCOCC1. The maximum absolute atomic E-state index is 13.3. The highest BCUT2D eigenvalue weighted by atomic mass is 19.1. The minimum Gasteiger partial charge on any atom is -0.508 e. The lowest BCUT2D eigenvalue weighted by atomic mass is 9.71. The molecule has 1 aromatic rings. The van der Waals surface area contributed by atoms with Crippen molar-refractivity contribution in [2.24, 2.45) is 0 Å². The summed E-state index contributed by atoms with van der Waals surface area (Å²) in [5.41, 5.74) is -0.163. The fraction of sp³-hybridized carbons (Fsp3) is 0.462. The van der Waals surface area contributed by atoms with E-state index in [1.807, 2.05) is 0 Å². The lowest BCUT2D eigenvalue weighted by Crippen LogP contribution is -2.40. The first kappa shape index (κ1) is 12.0. The van der Waals surface area contributed by atoms with Crippen LogP contribution in [-0.4, -0.2) is 24.1 Å². The van der Waals surface area contributed by atoms with E-state index in [0.29, 0.717) is 31.6 Å². The van der Waals surface area contributed by atoms with Crippen molar-refractivity contribution in [3.8, 4) is 5.75 Å². The molecule has 0 unspecified atom stereocenters. The molecule has 0 saturated carbocycles. The molecular weight excluding hydrogens is 223 g/mol. The number of carbonyl (C=O) groups is 1. The van der Waals surface area contributed by atoms with E-state index in [4.69, 9.17) is 4.74 Å². The summed E-state index contributed by atoms with van der Waals surface area (Å²) in [4.78, 5) is 11.9. The number of phenolic OH excluding ortho intramolecular Hbond substituents is 1. The summed E-state index contributed by atoms with van der Waals surface area (Å²) in [7, 11) is 0. The summed E-state index contributed by atoms with van der Waals surface area (Å²) in [6, 6.07) is 3.83. The van der Waals surface area contributed by atoms with Crippen LogP contribution >= 0.6 is 0 Å². The van der Waals surface area contributed by atoms with Crippen molar-refractivity contribution in [2.75, 3.05) is 13.2 Å². The van der Waals surface area contributed by atoms with Gasteiger partial charge in [-0.3, -0.25) is 4.79 Å². The molecule has 1 N–H and O–H groups in total. The zero-order valence-electron chi connectivity index (χ0n) is 9.70. The molecule has 1 aromatic carbocycles. The van der Waals surface area contributed by atoms with Crippen LogP contribution in [0.15, 0.2) is 18.2 Å². The number of Topliss-reactive ketones (excluding diaryl/α,β-unsaturated/α-hetero) is 1. The van der Waals surface area contributed by atoms with Gasteiger partial charge in [0.1, 0.15) is 17.3 Å². The minimum absolute atomic E-state index is 0.00852. The van der Waals surface area contributed by atoms with Crippen LogP contribution in [0.25, 0.3) is 0 Å². The molecule has 2 rings (SSSR count). The third kappa shape index (κ3) is 2.17. The standard InChI is InChI=1S/C13H15FO3/c1-9(15)13(2-4-17-5-3-13)10-6-11(14)8-12(16)7-10/h6-8,16H,2-5H2,1H3. The van der Waals surface area contributed by atoms with Gasteiger partial charge in [0.2, 0.25) is 0 Å². The van der Waals surface area contributed by atoms with Gasteiger partial charge in [-0.05, 0) is 37.5 Å². The molecule has 0 bridgehead atoms. The number of hydrogen-bond donors (Lipinski definition) is 1. The second kappa shape index (κ2) is 4.45. The highest BCUT2D eigenvalue weighted by Crippen LogP contribution is 2.37. The van der Waals surface area contributed by atoms with Crippen LogP contribution in [-0.2, 0) is 14.9 Å². The van der Waals surface area contributed by atoms with Crippen molar-refractivity contribution in [3.63, 3.8) is 0 Å². The molecule has 0 radical (unpaired) electrons. The van der Waals surface area contributed by atoms with Gasteiger partial charge in [0.05, 0.1) is 5.41 Å². The molecule has 1 saturated heterocycles. The maximum Gasteiger partial charge on any atom is 0.140 e. The number of ketones is 1. The van der Waals surface area contributed by atoms with Crippen LogP contribution < -0.4 is 0 Å². The summed E-state index contributed by atoms with van der Waals surface area (Å²) >= 11 is 0. The maximum atomic E-state index is 13.3. The highest BCUT2D eigenvalue weighted by Gasteiger charge is 2.39. The number of phenols is 1. The van der Waals surface area contributed by atoms with Crippen LogP contribution in [0.1, 0.15) is 25.3 Å². The van der Waals surface area contributed by atoms with Gasteiger partial charge in [0.25, 0.3) is 0 Å². The van der Waals surface area contributed by atoms with Gasteiger partial charge in [0.15, 0.2) is 0 Å². The predicted octanol–water partition coefficient (Wildman–Crippen LogP) is 2.17. The Hall–Kier alpha value is -1.42. The topological polar surface area (TPSA) is 46.5 Å². The van der Waals surface area contributed by atoms with Crippen molar-refractivity contribution < 1.29 is 19.0 Å². The molecule has 92 valence electrons. The summed E-state index contributed by atoms with van der Waals surface area (Å²) in [6.45, 7) is 2.47. The average molecular weight is 238 g/mol. The Morgan fingerprint density at radius 1 is 1.35 bits per heavy atom. The van der Waals surface area contributed by atoms with E-state index >= 15 is 0 Å². The first-order chi connectivity index (χ1) is 8.04. The first-order valence-corrected chi connectivity index (χ1v) is 5.63. The molecule has 4 heteroatoms. The van der Waals surface area contributed by atoms with E-state index in [1.54, 1.807) is 0 Å². The Morgan fingerprint density at radius 3 is 2.53 bits per heavy atom. The Balaban J connectivity index is 2.48. The molecule has 0 amide bonds. The van der Waals surface area contributed by atoms with Gasteiger partial charge in [-0.15, -0.1) is 0 Å². The summed E-state index contributed by atoms with van der Waals surface area (Å²) in [6.07, 6.45) is 1.07. The molecule has 3 nitrogen and oxygen atoms in total. The number of halogens is 1. The third-order valence-corrected chi connectivity index (χ3v) is 3.46. The van der Waals surface area contributed by atoms with Crippen LogP contribution in [0.2, 0.25) is 0 Å². The number of aromatic hydroxyl groups is 1. The van der Waals surface area contributed by atoms with Crippen LogP contribution in [0, 0.1) is 5.82 Å². The lowest BCUT2D eigenvalue weighted by molar-refractivity contribution is -0.126. The van der Waals surface area contributed by atoms with Gasteiger partial charge in [0, 0.05) is 19.3 Å². The number of hydrogen-bond acceptors (Lipinski definition) is 3. The Kier molecular flexibility index (Phi) is 3.15. The summed E-state index contributed by atoms with van der Waals surface area (Å²) in [5, 5.41) is 9.44. The summed E-state index contributed by atoms with van der Waals surface area (Å²) in [5.74, 6) is -0.676. The van der Waals surface area contributed by atoms with E-state index in [2.05, 4.69) is 0 Å². The number of rotatable bonds is 2. The molecule has 1 heterocycles. The zero-order chi connectivity index (χ0) is 12.5. The van der Waals surface area contributed by atoms with Crippen molar-refractivity contribution in [1.82, 2.24) is 0 Å². The second-order valence-corrected chi connectivity index (χ2v) is 4.45. The Morgan fingerprint density at radius 2 is 2.00 bits per heavy atom. The average Bonchev–Trinajstić information content (AvgIpc) is 2.28. The molecule has 1 fully saturated rings. The molecule has 0 aromatic heterocycles. The molecule has 1 aliphatic heterocycles. The van der Waals surface area contributed by atoms with Gasteiger partial charge in [-0.25, -0.2) is 4.39 Å². The fourth-order valence-electron chi connectivity index (χ4n) is 2.41. The molecule has 17 heavy (non-hydrogen) atoms. The second-order valence-electron chi connectivity index (χ2n) is 4.45. The van der Waals surface area contributed by atoms with E-state index < -0.39 is 11.2 Å². The third-order valence-electron chi connectivity index (χ3n) is 3.46. The Labute approximate surface area is 99.2 Å². The van der Waals surface area contributed by atoms with E-state index in [0.717, 1.165) is 6.07 Å². The van der Waals surface area contributed by atoms with Crippen molar-refractivity contribution in [1.29, 1.82) is 0 Å². The fourth-order valence-corrected chi connectivity index (χ4v) is 2.41. The molecule has 0 spiro atoms. The zero-order valence-corrected chi connectivity index (χ0v) is 9.70. The largest absolute Gasteiger partial charge is 0.508 e. The number of ether oxygens (including phenoxy) is 1. The summed E-state index contributed by atoms with van der Waals surface area (Å²) < 4.78 is 18.6. The monoisotopic (exact) mass is 238 g/mol. The van der Waals surface area contributed by atoms with Crippen molar-refractivity contribution >= 4 is 5.78 Å². The number of carbonyl (C=O) groups excluding carboxylic acids is 1. The van der Waals surface area contributed by atoms with Crippen LogP contribution in [0.4, 0.5) is 4.39 Å². The van der Waals surface area contributed by atoms with E-state index in [-0.39, 0.29) is 11.5 Å². The lowest BCUT2D eigenvalue weighted by Gasteiger charge is -2.35. The highest BCUT2D eigenvalue weighted by molar-refractivity contribution is 5.88. The smallest absolute Gasteiger partial charge is 0.140 e. The van der Waals surface area contributed by atoms with Gasteiger partial charge in [-0.2, -0.15) is 0 Å². The predicted molar refractivity (Wildman–Crippen MR) is 60.5 cm³/mol. The van der Waals surface area contributed by atoms with Crippen molar-refractivity contribution in [2.45, 2.75) is 25.2 Å². The van der Waals surface area contributed by atoms with Crippen molar-refractivity contribution in [3.05, 3.63) is 29.6 Å². The molecule has 1 aliphatic rings. The molecular formula is C13H15FO3. The van der Waals surface area contributed by atoms with E-state index in [9.17, 15) is 14.3 Å². The number of benzene rings is 1. The Bertz CT molecular complexity index is 416. The molecule has 0 aliphatic carbocycles. The normalized spacial score (nSPS) is 18.9. The van der Waals surface area contributed by atoms with Gasteiger partial charge >= 0.3 is 0 Å². The quantitative estimate of drug-likeness (QED) is 0.858. The minimum atomic E-state index is -0.710. The van der Waals surface area contributed by atoms with Crippen LogP contribution in [0.5, 0.6) is 5.75 Å².